The summed E-state index contributed by atoms with van der Waals surface area (Å²) in [5.74, 6) is 1.19. The molecule has 0 aliphatic carbocycles. The Morgan fingerprint density at radius 3 is 2.91 bits per heavy atom. The predicted molar refractivity (Wildman–Crippen MR) is 93.1 cm³/mol. The number of hydrogen-bond acceptors (Lipinski definition) is 2. The van der Waals surface area contributed by atoms with E-state index >= 15 is 0 Å². The number of aryl methyl sites for hydroxylation is 1. The summed E-state index contributed by atoms with van der Waals surface area (Å²) in [5, 5.41) is 1.22. The Hall–Kier alpha value is -1.68. The zero-order chi connectivity index (χ0) is 15.7. The van der Waals surface area contributed by atoms with Crippen molar-refractivity contribution in [1.29, 1.82) is 0 Å². The third kappa shape index (κ3) is 2.80. The Bertz CT molecular complexity index is 717. The molecule has 1 aliphatic heterocycles. The molecule has 0 N–H and O–H groups in total. The average molecular weight is 314 g/mol. The van der Waals surface area contributed by atoms with Gasteiger partial charge < -0.3 is 9.47 Å². The summed E-state index contributed by atoms with van der Waals surface area (Å²) in [6, 6.07) is 8.58. The van der Waals surface area contributed by atoms with E-state index in [-0.39, 0.29) is 11.9 Å². The van der Waals surface area contributed by atoms with Crippen LogP contribution < -0.4 is 0 Å². The van der Waals surface area contributed by atoms with E-state index in [0.717, 1.165) is 6.54 Å². The van der Waals surface area contributed by atoms with Crippen LogP contribution >= 0.6 is 11.8 Å². The lowest BCUT2D eigenvalue weighted by atomic mass is 10.0. The van der Waals surface area contributed by atoms with E-state index < -0.39 is 0 Å². The van der Waals surface area contributed by atoms with Gasteiger partial charge in [-0.1, -0.05) is 44.2 Å². The summed E-state index contributed by atoms with van der Waals surface area (Å²) in [4.78, 5) is 15.7. The van der Waals surface area contributed by atoms with Gasteiger partial charge in [-0.3, -0.25) is 4.79 Å². The number of rotatable bonds is 4. The molecule has 116 valence electrons. The molecule has 1 amide bonds. The van der Waals surface area contributed by atoms with E-state index in [1.165, 1.54) is 15.8 Å². The van der Waals surface area contributed by atoms with Gasteiger partial charge in [0.2, 0.25) is 5.91 Å². The van der Waals surface area contributed by atoms with Gasteiger partial charge in [-0.15, -0.1) is 11.8 Å². The summed E-state index contributed by atoms with van der Waals surface area (Å²) in [7, 11) is 2.05. The fraction of sp³-hybridized carbons (Fsp3) is 0.389. The Balaban J connectivity index is 1.70. The fourth-order valence-electron chi connectivity index (χ4n) is 3.03. The smallest absolute Gasteiger partial charge is 0.233 e. The van der Waals surface area contributed by atoms with E-state index in [1.54, 1.807) is 11.8 Å². The molecule has 1 atom stereocenters. The molecule has 22 heavy (non-hydrogen) atoms. The van der Waals surface area contributed by atoms with Gasteiger partial charge >= 0.3 is 0 Å². The molecule has 1 aliphatic rings. The van der Waals surface area contributed by atoms with Crippen LogP contribution in [-0.4, -0.2) is 33.7 Å². The second-order valence-corrected chi connectivity index (χ2v) is 7.14. The Morgan fingerprint density at radius 1 is 1.36 bits per heavy atom. The van der Waals surface area contributed by atoms with Crippen molar-refractivity contribution in [2.75, 3.05) is 12.3 Å². The van der Waals surface area contributed by atoms with Gasteiger partial charge in [0.1, 0.15) is 0 Å². The highest BCUT2D eigenvalue weighted by molar-refractivity contribution is 8.00. The molecule has 0 spiro atoms. The molecule has 0 fully saturated rings. The summed E-state index contributed by atoms with van der Waals surface area (Å²) < 4.78 is 2.12. The lowest BCUT2D eigenvalue weighted by Crippen LogP contribution is -2.40. The number of para-hydroxylation sites is 1. The van der Waals surface area contributed by atoms with Crippen molar-refractivity contribution in [2.45, 2.75) is 24.8 Å². The Labute approximate surface area is 136 Å². The van der Waals surface area contributed by atoms with E-state index in [9.17, 15) is 4.79 Å². The van der Waals surface area contributed by atoms with Gasteiger partial charge in [0, 0.05) is 35.6 Å². The summed E-state index contributed by atoms with van der Waals surface area (Å²) in [6.07, 6.45) is 6.38. The minimum absolute atomic E-state index is 0.224. The first kappa shape index (κ1) is 15.2. The van der Waals surface area contributed by atoms with Crippen LogP contribution in [0.15, 0.2) is 47.5 Å². The van der Waals surface area contributed by atoms with E-state index in [0.29, 0.717) is 11.7 Å². The van der Waals surface area contributed by atoms with Crippen LogP contribution in [0.3, 0.4) is 0 Å². The van der Waals surface area contributed by atoms with Crippen molar-refractivity contribution < 1.29 is 4.79 Å². The number of carbonyl (C=O) groups excluding carboxylic acids is 1. The van der Waals surface area contributed by atoms with Crippen LogP contribution in [0.1, 0.15) is 13.8 Å². The maximum absolute atomic E-state index is 12.5. The van der Waals surface area contributed by atoms with Gasteiger partial charge in [0.05, 0.1) is 11.8 Å². The Morgan fingerprint density at radius 2 is 2.14 bits per heavy atom. The molecule has 1 aromatic carbocycles. The molecule has 0 bridgehead atoms. The van der Waals surface area contributed by atoms with Gasteiger partial charge in [0.25, 0.3) is 0 Å². The van der Waals surface area contributed by atoms with Gasteiger partial charge in [0.15, 0.2) is 0 Å². The number of thioether (sulfide) groups is 1. The number of carbonyl (C=O) groups is 1. The third-order valence-corrected chi connectivity index (χ3v) is 5.24. The molecule has 2 heterocycles. The zero-order valence-electron chi connectivity index (χ0n) is 13.3. The van der Waals surface area contributed by atoms with E-state index in [4.69, 9.17) is 0 Å². The second kappa shape index (κ2) is 6.21. The molecular weight excluding hydrogens is 292 g/mol. The van der Waals surface area contributed by atoms with Crippen LogP contribution in [0.5, 0.6) is 0 Å². The Kier molecular flexibility index (Phi) is 4.30. The van der Waals surface area contributed by atoms with Crippen LogP contribution in [-0.2, 0) is 11.8 Å². The first-order chi connectivity index (χ1) is 10.6. The summed E-state index contributed by atoms with van der Waals surface area (Å²) in [5.41, 5.74) is 1.21. The van der Waals surface area contributed by atoms with Crippen molar-refractivity contribution in [3.05, 3.63) is 42.6 Å². The first-order valence-electron chi connectivity index (χ1n) is 7.71. The van der Waals surface area contributed by atoms with E-state index in [2.05, 4.69) is 48.9 Å². The largest absolute Gasteiger partial charge is 0.349 e. The molecule has 3 rings (SSSR count). The highest BCUT2D eigenvalue weighted by atomic mass is 32.2. The second-order valence-electron chi connectivity index (χ2n) is 6.12. The minimum Gasteiger partial charge on any atom is -0.349 e. The first-order valence-corrected chi connectivity index (χ1v) is 8.69. The van der Waals surface area contributed by atoms with Gasteiger partial charge in [-0.05, 0) is 12.0 Å². The van der Waals surface area contributed by atoms with Crippen molar-refractivity contribution in [3.8, 4) is 0 Å². The molecule has 0 saturated carbocycles. The molecule has 3 nitrogen and oxygen atoms in total. The highest BCUT2D eigenvalue weighted by Crippen LogP contribution is 2.30. The van der Waals surface area contributed by atoms with Crippen LogP contribution in [0.25, 0.3) is 10.9 Å². The summed E-state index contributed by atoms with van der Waals surface area (Å²) in [6.45, 7) is 5.08. The van der Waals surface area contributed by atoms with Crippen LogP contribution in [0.4, 0.5) is 0 Å². The van der Waals surface area contributed by atoms with Gasteiger partial charge in [-0.25, -0.2) is 0 Å². The van der Waals surface area contributed by atoms with E-state index in [1.807, 2.05) is 24.1 Å². The lowest BCUT2D eigenvalue weighted by molar-refractivity contribution is -0.129. The summed E-state index contributed by atoms with van der Waals surface area (Å²) >= 11 is 1.64. The maximum Gasteiger partial charge on any atom is 0.233 e. The standard InChI is InChI=1S/C18H22N2OS/c1-13(2)15-9-6-10-20(15)18(21)12-22-17-11-19(3)16-8-5-4-7-14(16)17/h4-9,11,13,15H,10,12H2,1-3H3. The fourth-order valence-corrected chi connectivity index (χ4v) is 4.04. The molecule has 1 unspecified atom stereocenters. The van der Waals surface area contributed by atoms with Crippen molar-refractivity contribution in [2.24, 2.45) is 13.0 Å². The molecule has 1 aromatic heterocycles. The lowest BCUT2D eigenvalue weighted by Gasteiger charge is -2.27. The minimum atomic E-state index is 0.224. The van der Waals surface area contributed by atoms with Gasteiger partial charge in [-0.2, -0.15) is 0 Å². The topological polar surface area (TPSA) is 25.2 Å². The molecule has 4 heteroatoms. The van der Waals surface area contributed by atoms with Crippen molar-refractivity contribution in [3.63, 3.8) is 0 Å². The maximum atomic E-state index is 12.5. The molecule has 0 radical (unpaired) electrons. The third-order valence-electron chi connectivity index (χ3n) is 4.21. The molecule has 0 saturated heterocycles. The predicted octanol–water partition coefficient (Wildman–Crippen LogP) is 3.69. The highest BCUT2D eigenvalue weighted by Gasteiger charge is 2.26. The quantitative estimate of drug-likeness (QED) is 0.635. The number of hydrogen-bond donors (Lipinski definition) is 0. The number of aromatic nitrogens is 1. The normalized spacial score (nSPS) is 17.8. The SMILES string of the molecule is CC(C)C1C=CCN1C(=O)CSc1cn(C)c2ccccc12. The monoisotopic (exact) mass is 314 g/mol. The number of benzene rings is 1. The number of fused-ring (bicyclic) bond motifs is 1. The molecule has 2 aromatic rings. The average Bonchev–Trinajstić information content (AvgIpc) is 3.11. The van der Waals surface area contributed by atoms with Crippen LogP contribution in [0, 0.1) is 5.92 Å². The number of nitrogens with zero attached hydrogens (tertiary/aromatic N) is 2. The molecular formula is C18H22N2OS. The zero-order valence-corrected chi connectivity index (χ0v) is 14.1. The van der Waals surface area contributed by atoms with Crippen molar-refractivity contribution >= 4 is 28.6 Å². The van der Waals surface area contributed by atoms with Crippen molar-refractivity contribution in [1.82, 2.24) is 9.47 Å². The number of amides is 1. The van der Waals surface area contributed by atoms with Crippen LogP contribution in [0.2, 0.25) is 0 Å².